The number of benzene rings is 3. The van der Waals surface area contributed by atoms with Crippen LogP contribution < -0.4 is 5.73 Å². The normalized spacial score (nSPS) is 12.2. The van der Waals surface area contributed by atoms with Crippen LogP contribution in [0, 0.1) is 0 Å². The lowest BCUT2D eigenvalue weighted by molar-refractivity contribution is 1.06. The van der Waals surface area contributed by atoms with Crippen LogP contribution >= 0.6 is 15.9 Å². The van der Waals surface area contributed by atoms with Crippen LogP contribution in [0.4, 0.5) is 0 Å². The maximum absolute atomic E-state index is 6.20. The van der Waals surface area contributed by atoms with Crippen LogP contribution in [0.1, 0.15) is 16.7 Å². The van der Waals surface area contributed by atoms with Crippen molar-refractivity contribution in [2.24, 2.45) is 15.7 Å². The lowest BCUT2D eigenvalue weighted by Crippen LogP contribution is -2.16. The summed E-state index contributed by atoms with van der Waals surface area (Å²) in [4.78, 5) is 9.30. The molecule has 0 aliphatic carbocycles. The topological polar surface area (TPSA) is 50.7 Å². The van der Waals surface area contributed by atoms with Crippen molar-refractivity contribution in [2.45, 2.75) is 6.54 Å². The van der Waals surface area contributed by atoms with Crippen molar-refractivity contribution in [3.8, 4) is 0 Å². The second-order valence-electron chi connectivity index (χ2n) is 5.50. The molecule has 0 bridgehead atoms. The fourth-order valence-corrected chi connectivity index (χ4v) is 2.76. The first-order chi connectivity index (χ1) is 12.2. The van der Waals surface area contributed by atoms with Crippen molar-refractivity contribution >= 4 is 27.6 Å². The lowest BCUT2D eigenvalue weighted by Gasteiger charge is -2.06. The zero-order chi connectivity index (χ0) is 17.5. The molecule has 25 heavy (non-hydrogen) atoms. The molecule has 2 N–H and O–H groups in total. The van der Waals surface area contributed by atoms with E-state index in [1.807, 2.05) is 84.9 Å². The minimum absolute atomic E-state index is 0.451. The second-order valence-corrected chi connectivity index (χ2v) is 6.41. The third kappa shape index (κ3) is 4.88. The summed E-state index contributed by atoms with van der Waals surface area (Å²) >= 11 is 3.50. The average Bonchev–Trinajstić information content (AvgIpc) is 2.66. The van der Waals surface area contributed by atoms with E-state index in [2.05, 4.69) is 20.9 Å². The Morgan fingerprint density at radius 3 is 2.12 bits per heavy atom. The largest absolute Gasteiger partial charge is 0.383 e. The summed E-state index contributed by atoms with van der Waals surface area (Å²) in [7, 11) is 0. The minimum Gasteiger partial charge on any atom is -0.383 e. The molecule has 0 spiro atoms. The van der Waals surface area contributed by atoms with Gasteiger partial charge in [-0.05, 0) is 17.7 Å². The first kappa shape index (κ1) is 17.1. The average molecular weight is 392 g/mol. The minimum atomic E-state index is 0.451. The highest BCUT2D eigenvalue weighted by Crippen LogP contribution is 2.14. The molecule has 4 heteroatoms. The zero-order valence-electron chi connectivity index (χ0n) is 13.6. The molecule has 0 atom stereocenters. The number of nitrogens with zero attached hydrogens (tertiary/aromatic N) is 2. The van der Waals surface area contributed by atoms with E-state index in [4.69, 9.17) is 10.7 Å². The molecule has 3 aromatic carbocycles. The van der Waals surface area contributed by atoms with E-state index in [0.717, 1.165) is 21.2 Å². The van der Waals surface area contributed by atoms with Gasteiger partial charge in [0, 0.05) is 15.6 Å². The summed E-state index contributed by atoms with van der Waals surface area (Å²) < 4.78 is 0.978. The number of nitrogens with two attached hydrogens (primary N) is 1. The van der Waals surface area contributed by atoms with Crippen LogP contribution in [0.15, 0.2) is 99.4 Å². The van der Waals surface area contributed by atoms with E-state index < -0.39 is 0 Å². The molecule has 0 heterocycles. The smallest absolute Gasteiger partial charge is 0.157 e. The Hall–Kier alpha value is -2.72. The van der Waals surface area contributed by atoms with Crippen LogP contribution in [0.25, 0.3) is 0 Å². The summed E-state index contributed by atoms with van der Waals surface area (Å²) in [5.74, 6) is 1.07. The van der Waals surface area contributed by atoms with E-state index in [0.29, 0.717) is 18.2 Å². The van der Waals surface area contributed by atoms with Gasteiger partial charge in [0.2, 0.25) is 0 Å². The second kappa shape index (κ2) is 8.40. The van der Waals surface area contributed by atoms with Crippen molar-refractivity contribution < 1.29 is 0 Å². The molecule has 3 aromatic rings. The van der Waals surface area contributed by atoms with Gasteiger partial charge in [-0.3, -0.25) is 4.99 Å². The van der Waals surface area contributed by atoms with Gasteiger partial charge in [-0.15, -0.1) is 0 Å². The number of halogens is 1. The van der Waals surface area contributed by atoms with Crippen LogP contribution in [-0.2, 0) is 6.54 Å². The molecular weight excluding hydrogens is 374 g/mol. The Kier molecular flexibility index (Phi) is 5.75. The molecule has 0 saturated carbocycles. The third-order valence-corrected chi connectivity index (χ3v) is 4.13. The standard InChI is InChI=1S/C21H18BrN3/c22-19-13-7-12-18(14-19)21(24-15-16-8-3-1-4-9-16)25-20(23)17-10-5-2-6-11-17/h1-14H,15H2,(H2,23,24,25). The highest BCUT2D eigenvalue weighted by molar-refractivity contribution is 9.10. The van der Waals surface area contributed by atoms with E-state index in [-0.39, 0.29) is 0 Å². The van der Waals surface area contributed by atoms with Crippen LogP contribution in [-0.4, -0.2) is 11.7 Å². The predicted molar refractivity (Wildman–Crippen MR) is 108 cm³/mol. The van der Waals surface area contributed by atoms with Gasteiger partial charge in [-0.2, -0.15) is 0 Å². The van der Waals surface area contributed by atoms with Gasteiger partial charge in [-0.25, -0.2) is 4.99 Å². The van der Waals surface area contributed by atoms with Crippen LogP contribution in [0.2, 0.25) is 0 Å². The SMILES string of the molecule is NC(=NC(=NCc1ccccc1)c1cccc(Br)c1)c1ccccc1. The third-order valence-electron chi connectivity index (χ3n) is 3.63. The number of rotatable bonds is 4. The Bertz CT molecular complexity index is 887. The monoisotopic (exact) mass is 391 g/mol. The van der Waals surface area contributed by atoms with Gasteiger partial charge < -0.3 is 5.73 Å². The number of hydrogen-bond donors (Lipinski definition) is 1. The van der Waals surface area contributed by atoms with Crippen molar-refractivity contribution in [1.82, 2.24) is 0 Å². The molecule has 0 saturated heterocycles. The van der Waals surface area contributed by atoms with E-state index in [1.54, 1.807) is 0 Å². The highest BCUT2D eigenvalue weighted by atomic mass is 79.9. The summed E-state index contributed by atoms with van der Waals surface area (Å²) in [5.41, 5.74) is 9.13. The van der Waals surface area contributed by atoms with E-state index in [9.17, 15) is 0 Å². The maximum Gasteiger partial charge on any atom is 0.157 e. The Balaban J connectivity index is 1.97. The molecule has 0 fully saturated rings. The molecular formula is C21H18BrN3. The van der Waals surface area contributed by atoms with E-state index in [1.165, 1.54) is 0 Å². The quantitative estimate of drug-likeness (QED) is 0.503. The zero-order valence-corrected chi connectivity index (χ0v) is 15.2. The Morgan fingerprint density at radius 2 is 1.44 bits per heavy atom. The molecule has 3 nitrogen and oxygen atoms in total. The molecule has 0 aromatic heterocycles. The maximum atomic E-state index is 6.20. The van der Waals surface area contributed by atoms with Crippen LogP contribution in [0.3, 0.4) is 0 Å². The summed E-state index contributed by atoms with van der Waals surface area (Å²) in [6.45, 7) is 0.550. The first-order valence-electron chi connectivity index (χ1n) is 7.96. The van der Waals surface area contributed by atoms with Gasteiger partial charge >= 0.3 is 0 Å². The summed E-state index contributed by atoms with van der Waals surface area (Å²) in [6.07, 6.45) is 0. The lowest BCUT2D eigenvalue weighted by atomic mass is 10.2. The van der Waals surface area contributed by atoms with Gasteiger partial charge in [0.1, 0.15) is 5.84 Å². The van der Waals surface area contributed by atoms with Crippen molar-refractivity contribution in [3.63, 3.8) is 0 Å². The molecule has 0 aliphatic heterocycles. The Morgan fingerprint density at radius 1 is 0.800 bits per heavy atom. The predicted octanol–water partition coefficient (Wildman–Crippen LogP) is 4.80. The number of amidine groups is 2. The summed E-state index contributed by atoms with van der Waals surface area (Å²) in [5, 5.41) is 0. The van der Waals surface area contributed by atoms with Gasteiger partial charge in [0.05, 0.1) is 6.54 Å². The molecule has 0 radical (unpaired) electrons. The molecule has 0 unspecified atom stereocenters. The number of hydrogen-bond acceptors (Lipinski definition) is 1. The van der Waals surface area contributed by atoms with Crippen molar-refractivity contribution in [2.75, 3.05) is 0 Å². The number of aliphatic imine (C=N–C) groups is 2. The fourth-order valence-electron chi connectivity index (χ4n) is 2.36. The van der Waals surface area contributed by atoms with Crippen molar-refractivity contribution in [1.29, 1.82) is 0 Å². The van der Waals surface area contributed by atoms with Gasteiger partial charge in [-0.1, -0.05) is 88.7 Å². The molecule has 0 aliphatic rings. The van der Waals surface area contributed by atoms with Gasteiger partial charge in [0.15, 0.2) is 5.84 Å². The molecule has 0 amide bonds. The fraction of sp³-hybridized carbons (Fsp3) is 0.0476. The Labute approximate surface area is 156 Å². The van der Waals surface area contributed by atoms with Gasteiger partial charge in [0.25, 0.3) is 0 Å². The van der Waals surface area contributed by atoms with Crippen LogP contribution in [0.5, 0.6) is 0 Å². The highest BCUT2D eigenvalue weighted by Gasteiger charge is 2.06. The summed E-state index contributed by atoms with van der Waals surface area (Å²) in [6, 6.07) is 27.7. The molecule has 3 rings (SSSR count). The van der Waals surface area contributed by atoms with E-state index >= 15 is 0 Å². The molecule has 124 valence electrons. The van der Waals surface area contributed by atoms with Crippen molar-refractivity contribution in [3.05, 3.63) is 106 Å². The first-order valence-corrected chi connectivity index (χ1v) is 8.75.